The van der Waals surface area contributed by atoms with Crippen LogP contribution in [0.25, 0.3) is 0 Å². The molecule has 2 amide bonds. The van der Waals surface area contributed by atoms with Gasteiger partial charge in [0.15, 0.2) is 6.61 Å². The Kier molecular flexibility index (Phi) is 7.41. The zero-order chi connectivity index (χ0) is 21.4. The number of nitrogens with one attached hydrogen (secondary N) is 2. The Morgan fingerprint density at radius 3 is 2.21 bits per heavy atom. The predicted octanol–water partition coefficient (Wildman–Crippen LogP) is 2.47. The van der Waals surface area contributed by atoms with Gasteiger partial charge >= 0.3 is 5.97 Å². The molecule has 0 spiro atoms. The van der Waals surface area contributed by atoms with Gasteiger partial charge in [0.2, 0.25) is 5.91 Å². The van der Waals surface area contributed by atoms with Gasteiger partial charge in [-0.25, -0.2) is 4.79 Å². The molecular weight excluding hydrogens is 380 g/mol. The van der Waals surface area contributed by atoms with Gasteiger partial charge in [-0.3, -0.25) is 9.59 Å². The standard InChI is InChI=1S/C20H22N2O7/c1-12(23)21-13-5-8-17(27-3)16(9-13)22-19(24)11-29-20(25)15-7-6-14(26-2)10-18(15)28-4/h5-10H,11H2,1-4H3,(H,21,23)(H,22,24). The van der Waals surface area contributed by atoms with Crippen molar-refractivity contribution in [3.8, 4) is 17.2 Å². The van der Waals surface area contributed by atoms with E-state index in [2.05, 4.69) is 10.6 Å². The maximum atomic E-state index is 12.3. The van der Waals surface area contributed by atoms with E-state index in [0.29, 0.717) is 22.9 Å². The number of anilines is 2. The third kappa shape index (κ3) is 5.86. The number of ether oxygens (including phenoxy) is 4. The summed E-state index contributed by atoms with van der Waals surface area (Å²) in [6, 6.07) is 9.36. The van der Waals surface area contributed by atoms with E-state index in [0.717, 1.165) is 0 Å². The van der Waals surface area contributed by atoms with Crippen LogP contribution in [0.2, 0.25) is 0 Å². The molecule has 2 aromatic carbocycles. The van der Waals surface area contributed by atoms with Crippen LogP contribution in [-0.2, 0) is 14.3 Å². The summed E-state index contributed by atoms with van der Waals surface area (Å²) in [6.45, 7) is 0.844. The summed E-state index contributed by atoms with van der Waals surface area (Å²) < 4.78 is 20.5. The highest BCUT2D eigenvalue weighted by Crippen LogP contribution is 2.28. The molecule has 2 aromatic rings. The van der Waals surface area contributed by atoms with Crippen molar-refractivity contribution < 1.29 is 33.3 Å². The molecule has 0 aliphatic carbocycles. The average molecular weight is 402 g/mol. The summed E-state index contributed by atoms with van der Waals surface area (Å²) in [4.78, 5) is 35.7. The number of rotatable bonds is 8. The van der Waals surface area contributed by atoms with Crippen LogP contribution in [0.15, 0.2) is 36.4 Å². The van der Waals surface area contributed by atoms with Crippen molar-refractivity contribution in [2.24, 2.45) is 0 Å². The molecule has 0 aliphatic rings. The van der Waals surface area contributed by atoms with E-state index < -0.39 is 18.5 Å². The molecule has 0 bridgehead atoms. The van der Waals surface area contributed by atoms with Crippen LogP contribution in [0.5, 0.6) is 17.2 Å². The number of carbonyl (C=O) groups is 3. The number of hydrogen-bond donors (Lipinski definition) is 2. The van der Waals surface area contributed by atoms with Gasteiger partial charge in [-0.2, -0.15) is 0 Å². The monoisotopic (exact) mass is 402 g/mol. The van der Waals surface area contributed by atoms with Crippen LogP contribution in [0, 0.1) is 0 Å². The molecule has 154 valence electrons. The lowest BCUT2D eigenvalue weighted by Gasteiger charge is -2.13. The fraction of sp³-hybridized carbons (Fsp3) is 0.250. The van der Waals surface area contributed by atoms with Gasteiger partial charge < -0.3 is 29.6 Å². The summed E-state index contributed by atoms with van der Waals surface area (Å²) in [5.74, 6) is -0.394. The Hall–Kier alpha value is -3.75. The van der Waals surface area contributed by atoms with E-state index in [1.165, 1.54) is 46.5 Å². The molecule has 2 rings (SSSR count). The predicted molar refractivity (Wildman–Crippen MR) is 106 cm³/mol. The molecule has 0 atom stereocenters. The molecule has 0 saturated heterocycles. The van der Waals surface area contributed by atoms with E-state index in [1.54, 1.807) is 18.2 Å². The summed E-state index contributed by atoms with van der Waals surface area (Å²) in [7, 11) is 4.35. The van der Waals surface area contributed by atoms with E-state index >= 15 is 0 Å². The first-order valence-electron chi connectivity index (χ1n) is 8.52. The first kappa shape index (κ1) is 21.5. The second-order valence-corrected chi connectivity index (χ2v) is 5.79. The fourth-order valence-corrected chi connectivity index (χ4v) is 2.45. The first-order chi connectivity index (χ1) is 13.9. The van der Waals surface area contributed by atoms with Gasteiger partial charge in [0.1, 0.15) is 22.8 Å². The third-order valence-corrected chi connectivity index (χ3v) is 3.76. The van der Waals surface area contributed by atoms with Crippen molar-refractivity contribution in [3.05, 3.63) is 42.0 Å². The zero-order valence-corrected chi connectivity index (χ0v) is 16.5. The number of esters is 1. The molecule has 2 N–H and O–H groups in total. The molecule has 0 radical (unpaired) electrons. The smallest absolute Gasteiger partial charge is 0.342 e. The van der Waals surface area contributed by atoms with Gasteiger partial charge in [0, 0.05) is 18.7 Å². The highest BCUT2D eigenvalue weighted by Gasteiger charge is 2.17. The second kappa shape index (κ2) is 9.98. The highest BCUT2D eigenvalue weighted by molar-refractivity contribution is 5.98. The normalized spacial score (nSPS) is 9.93. The molecule has 9 nitrogen and oxygen atoms in total. The first-order valence-corrected chi connectivity index (χ1v) is 8.52. The summed E-state index contributed by atoms with van der Waals surface area (Å²) in [5, 5.41) is 5.19. The summed E-state index contributed by atoms with van der Waals surface area (Å²) in [5.41, 5.74) is 0.960. The molecule has 0 saturated carbocycles. The Labute approximate surface area is 167 Å². The van der Waals surface area contributed by atoms with Gasteiger partial charge in [0.05, 0.1) is 27.0 Å². The molecule has 9 heteroatoms. The van der Waals surface area contributed by atoms with E-state index in [1.807, 2.05) is 0 Å². The van der Waals surface area contributed by atoms with Crippen molar-refractivity contribution in [2.45, 2.75) is 6.92 Å². The van der Waals surface area contributed by atoms with E-state index in [9.17, 15) is 14.4 Å². The van der Waals surface area contributed by atoms with Crippen molar-refractivity contribution in [2.75, 3.05) is 38.6 Å². The van der Waals surface area contributed by atoms with Gasteiger partial charge in [0.25, 0.3) is 5.91 Å². The van der Waals surface area contributed by atoms with Gasteiger partial charge in [-0.05, 0) is 30.3 Å². The average Bonchev–Trinajstić information content (AvgIpc) is 2.71. The second-order valence-electron chi connectivity index (χ2n) is 5.79. The van der Waals surface area contributed by atoms with E-state index in [4.69, 9.17) is 18.9 Å². The van der Waals surface area contributed by atoms with Crippen molar-refractivity contribution in [1.82, 2.24) is 0 Å². The Morgan fingerprint density at radius 1 is 0.862 bits per heavy atom. The summed E-state index contributed by atoms with van der Waals surface area (Å²) in [6.07, 6.45) is 0. The Morgan fingerprint density at radius 2 is 1.59 bits per heavy atom. The molecule has 29 heavy (non-hydrogen) atoms. The van der Waals surface area contributed by atoms with Crippen LogP contribution in [0.1, 0.15) is 17.3 Å². The van der Waals surface area contributed by atoms with Crippen LogP contribution in [-0.4, -0.2) is 45.7 Å². The highest BCUT2D eigenvalue weighted by atomic mass is 16.5. The van der Waals surface area contributed by atoms with Crippen LogP contribution in [0.4, 0.5) is 11.4 Å². The molecular formula is C20H22N2O7. The van der Waals surface area contributed by atoms with Gasteiger partial charge in [-0.15, -0.1) is 0 Å². The fourth-order valence-electron chi connectivity index (χ4n) is 2.45. The van der Waals surface area contributed by atoms with Crippen LogP contribution < -0.4 is 24.8 Å². The largest absolute Gasteiger partial charge is 0.497 e. The van der Waals surface area contributed by atoms with Crippen LogP contribution in [0.3, 0.4) is 0 Å². The number of benzene rings is 2. The molecule has 0 unspecified atom stereocenters. The topological polar surface area (TPSA) is 112 Å². The number of amides is 2. The van der Waals surface area contributed by atoms with Crippen molar-refractivity contribution in [1.29, 1.82) is 0 Å². The molecule has 0 aliphatic heterocycles. The minimum atomic E-state index is -0.724. The quantitative estimate of drug-likeness (QED) is 0.652. The minimum Gasteiger partial charge on any atom is -0.497 e. The molecule has 0 fully saturated rings. The van der Waals surface area contributed by atoms with Gasteiger partial charge in [-0.1, -0.05) is 0 Å². The SMILES string of the molecule is COc1ccc(C(=O)OCC(=O)Nc2cc(NC(C)=O)ccc2OC)c(OC)c1. The molecule has 0 heterocycles. The maximum Gasteiger partial charge on any atom is 0.342 e. The van der Waals surface area contributed by atoms with Crippen molar-refractivity contribution >= 4 is 29.2 Å². The Balaban J connectivity index is 2.04. The zero-order valence-electron chi connectivity index (χ0n) is 16.5. The minimum absolute atomic E-state index is 0.159. The number of carbonyl (C=O) groups excluding carboxylic acids is 3. The lowest BCUT2D eigenvalue weighted by atomic mass is 10.2. The van der Waals surface area contributed by atoms with Crippen molar-refractivity contribution in [3.63, 3.8) is 0 Å². The lowest BCUT2D eigenvalue weighted by molar-refractivity contribution is -0.119. The van der Waals surface area contributed by atoms with E-state index in [-0.39, 0.29) is 17.2 Å². The number of methoxy groups -OCH3 is 3. The Bertz CT molecular complexity index is 912. The maximum absolute atomic E-state index is 12.3. The number of hydrogen-bond acceptors (Lipinski definition) is 7. The third-order valence-electron chi connectivity index (χ3n) is 3.76. The molecule has 0 aromatic heterocycles. The van der Waals surface area contributed by atoms with Crippen LogP contribution >= 0.6 is 0 Å². The lowest BCUT2D eigenvalue weighted by Crippen LogP contribution is -2.21. The summed E-state index contributed by atoms with van der Waals surface area (Å²) >= 11 is 0.